The first-order chi connectivity index (χ1) is 6.74. The van der Waals surface area contributed by atoms with Crippen LogP contribution in [0.4, 0.5) is 0 Å². The Morgan fingerprint density at radius 2 is 2.43 bits per heavy atom. The van der Waals surface area contributed by atoms with E-state index < -0.39 is 0 Å². The molecular weight excluding hydrogens is 184 g/mol. The van der Waals surface area contributed by atoms with Crippen LogP contribution in [0.25, 0.3) is 0 Å². The maximum atomic E-state index is 11.2. The standard InChI is InChI=1S/C10H16O4/c1-2-13-9(11)6-5-8-4-3-7-14-10(8)12/h8H,2-7H2,1H3. The zero-order valence-corrected chi connectivity index (χ0v) is 8.45. The van der Waals surface area contributed by atoms with Crippen LogP contribution < -0.4 is 0 Å². The van der Waals surface area contributed by atoms with Crippen LogP contribution in [0.2, 0.25) is 0 Å². The highest BCUT2D eigenvalue weighted by atomic mass is 16.5. The van der Waals surface area contributed by atoms with Crippen molar-refractivity contribution in [3.63, 3.8) is 0 Å². The Labute approximate surface area is 83.6 Å². The van der Waals surface area contributed by atoms with E-state index in [2.05, 4.69) is 0 Å². The van der Waals surface area contributed by atoms with E-state index in [0.717, 1.165) is 12.8 Å². The second-order valence-corrected chi connectivity index (χ2v) is 3.35. The van der Waals surface area contributed by atoms with Crippen LogP contribution >= 0.6 is 0 Å². The van der Waals surface area contributed by atoms with E-state index in [1.54, 1.807) is 6.92 Å². The molecule has 0 saturated carbocycles. The summed E-state index contributed by atoms with van der Waals surface area (Å²) < 4.78 is 9.67. The zero-order valence-electron chi connectivity index (χ0n) is 8.45. The summed E-state index contributed by atoms with van der Waals surface area (Å²) in [5, 5.41) is 0. The molecule has 1 fully saturated rings. The maximum Gasteiger partial charge on any atom is 0.308 e. The van der Waals surface area contributed by atoms with Gasteiger partial charge in [0.2, 0.25) is 0 Å². The molecule has 0 aromatic carbocycles. The molecule has 14 heavy (non-hydrogen) atoms. The second kappa shape index (κ2) is 5.62. The van der Waals surface area contributed by atoms with Crippen LogP contribution in [0.1, 0.15) is 32.6 Å². The fraction of sp³-hybridized carbons (Fsp3) is 0.800. The average Bonchev–Trinajstić information content (AvgIpc) is 2.17. The summed E-state index contributed by atoms with van der Waals surface area (Å²) >= 11 is 0. The summed E-state index contributed by atoms with van der Waals surface area (Å²) in [6.07, 6.45) is 2.60. The molecule has 1 heterocycles. The van der Waals surface area contributed by atoms with Gasteiger partial charge in [0.05, 0.1) is 19.1 Å². The lowest BCUT2D eigenvalue weighted by molar-refractivity contribution is -0.153. The molecule has 4 heteroatoms. The molecule has 0 spiro atoms. The normalized spacial score (nSPS) is 21.5. The minimum Gasteiger partial charge on any atom is -0.466 e. The fourth-order valence-electron chi connectivity index (χ4n) is 1.53. The number of cyclic esters (lactones) is 1. The average molecular weight is 200 g/mol. The van der Waals surface area contributed by atoms with Crippen molar-refractivity contribution in [2.75, 3.05) is 13.2 Å². The highest BCUT2D eigenvalue weighted by molar-refractivity contribution is 5.75. The predicted octanol–water partition coefficient (Wildman–Crippen LogP) is 1.28. The third kappa shape index (κ3) is 3.36. The second-order valence-electron chi connectivity index (χ2n) is 3.35. The molecule has 80 valence electrons. The Morgan fingerprint density at radius 3 is 3.07 bits per heavy atom. The lowest BCUT2D eigenvalue weighted by atomic mass is 9.96. The summed E-state index contributed by atoms with van der Waals surface area (Å²) in [4.78, 5) is 22.2. The van der Waals surface area contributed by atoms with Crippen molar-refractivity contribution in [2.24, 2.45) is 5.92 Å². The quantitative estimate of drug-likeness (QED) is 0.641. The van der Waals surface area contributed by atoms with Crippen LogP contribution in [0.3, 0.4) is 0 Å². The van der Waals surface area contributed by atoms with E-state index in [0.29, 0.717) is 26.1 Å². The molecule has 1 aliphatic rings. The summed E-state index contributed by atoms with van der Waals surface area (Å²) in [5.74, 6) is -0.500. The van der Waals surface area contributed by atoms with E-state index in [4.69, 9.17) is 9.47 Å². The van der Waals surface area contributed by atoms with Gasteiger partial charge in [0.25, 0.3) is 0 Å². The van der Waals surface area contributed by atoms with Crippen molar-refractivity contribution in [1.82, 2.24) is 0 Å². The minimum absolute atomic E-state index is 0.104. The monoisotopic (exact) mass is 200 g/mol. The molecule has 0 radical (unpaired) electrons. The summed E-state index contributed by atoms with van der Waals surface area (Å²) in [6, 6.07) is 0. The molecule has 0 aromatic rings. The van der Waals surface area contributed by atoms with Gasteiger partial charge in [-0.15, -0.1) is 0 Å². The number of carbonyl (C=O) groups excluding carboxylic acids is 2. The molecule has 0 aliphatic carbocycles. The van der Waals surface area contributed by atoms with Crippen LogP contribution in [0.15, 0.2) is 0 Å². The third-order valence-electron chi connectivity index (χ3n) is 2.28. The van der Waals surface area contributed by atoms with Gasteiger partial charge in [-0.05, 0) is 26.2 Å². The molecule has 0 N–H and O–H groups in total. The molecule has 0 aromatic heterocycles. The van der Waals surface area contributed by atoms with Crippen LogP contribution in [-0.4, -0.2) is 25.2 Å². The number of ether oxygens (including phenoxy) is 2. The van der Waals surface area contributed by atoms with Gasteiger partial charge >= 0.3 is 11.9 Å². The zero-order chi connectivity index (χ0) is 10.4. The Morgan fingerprint density at radius 1 is 1.64 bits per heavy atom. The van der Waals surface area contributed by atoms with Crippen molar-refractivity contribution >= 4 is 11.9 Å². The van der Waals surface area contributed by atoms with Crippen molar-refractivity contribution < 1.29 is 19.1 Å². The summed E-state index contributed by atoms with van der Waals surface area (Å²) in [6.45, 7) is 2.69. The van der Waals surface area contributed by atoms with Gasteiger partial charge < -0.3 is 9.47 Å². The number of rotatable bonds is 4. The van der Waals surface area contributed by atoms with Gasteiger partial charge in [0, 0.05) is 6.42 Å². The van der Waals surface area contributed by atoms with Crippen molar-refractivity contribution in [2.45, 2.75) is 32.6 Å². The van der Waals surface area contributed by atoms with E-state index in [9.17, 15) is 9.59 Å². The first-order valence-electron chi connectivity index (χ1n) is 5.06. The van der Waals surface area contributed by atoms with Gasteiger partial charge in [-0.25, -0.2) is 0 Å². The van der Waals surface area contributed by atoms with E-state index in [-0.39, 0.29) is 17.9 Å². The van der Waals surface area contributed by atoms with Crippen LogP contribution in [0, 0.1) is 5.92 Å². The van der Waals surface area contributed by atoms with Crippen LogP contribution in [-0.2, 0) is 19.1 Å². The molecular formula is C10H16O4. The first kappa shape index (κ1) is 11.0. The van der Waals surface area contributed by atoms with Crippen LogP contribution in [0.5, 0.6) is 0 Å². The van der Waals surface area contributed by atoms with Gasteiger partial charge in [-0.3, -0.25) is 9.59 Å². The van der Waals surface area contributed by atoms with E-state index in [1.165, 1.54) is 0 Å². The Bertz CT molecular complexity index is 212. The molecule has 1 unspecified atom stereocenters. The Kier molecular flexibility index (Phi) is 4.43. The van der Waals surface area contributed by atoms with Crippen molar-refractivity contribution in [3.05, 3.63) is 0 Å². The Hall–Kier alpha value is -1.06. The number of hydrogen-bond donors (Lipinski definition) is 0. The number of esters is 2. The van der Waals surface area contributed by atoms with Gasteiger partial charge in [-0.2, -0.15) is 0 Å². The molecule has 0 bridgehead atoms. The van der Waals surface area contributed by atoms with E-state index >= 15 is 0 Å². The molecule has 4 nitrogen and oxygen atoms in total. The highest BCUT2D eigenvalue weighted by Gasteiger charge is 2.24. The van der Waals surface area contributed by atoms with Gasteiger partial charge in [0.15, 0.2) is 0 Å². The maximum absolute atomic E-state index is 11.2. The third-order valence-corrected chi connectivity index (χ3v) is 2.28. The minimum atomic E-state index is -0.231. The largest absolute Gasteiger partial charge is 0.466 e. The first-order valence-corrected chi connectivity index (χ1v) is 5.06. The van der Waals surface area contributed by atoms with Gasteiger partial charge in [-0.1, -0.05) is 0 Å². The number of hydrogen-bond acceptors (Lipinski definition) is 4. The van der Waals surface area contributed by atoms with Crippen molar-refractivity contribution in [3.8, 4) is 0 Å². The molecule has 0 amide bonds. The molecule has 1 aliphatic heterocycles. The smallest absolute Gasteiger partial charge is 0.308 e. The molecule has 1 saturated heterocycles. The number of carbonyl (C=O) groups is 2. The summed E-state index contributed by atoms with van der Waals surface area (Å²) in [5.41, 5.74) is 0. The van der Waals surface area contributed by atoms with Gasteiger partial charge in [0.1, 0.15) is 0 Å². The molecule has 1 rings (SSSR count). The van der Waals surface area contributed by atoms with E-state index in [1.807, 2.05) is 0 Å². The SMILES string of the molecule is CCOC(=O)CCC1CCCOC1=O. The van der Waals surface area contributed by atoms with Crippen molar-refractivity contribution in [1.29, 1.82) is 0 Å². The fourth-order valence-corrected chi connectivity index (χ4v) is 1.53. The summed E-state index contributed by atoms with van der Waals surface area (Å²) in [7, 11) is 0. The highest BCUT2D eigenvalue weighted by Crippen LogP contribution is 2.20. The predicted molar refractivity (Wildman–Crippen MR) is 49.6 cm³/mol. The Balaban J connectivity index is 2.22. The lowest BCUT2D eigenvalue weighted by Crippen LogP contribution is -2.24. The topological polar surface area (TPSA) is 52.6 Å². The molecule has 1 atom stereocenters. The lowest BCUT2D eigenvalue weighted by Gasteiger charge is -2.20.